The highest BCUT2D eigenvalue weighted by Crippen LogP contribution is 2.31. The Labute approximate surface area is 201 Å². The summed E-state index contributed by atoms with van der Waals surface area (Å²) in [4.78, 5) is 32.6. The lowest BCUT2D eigenvalue weighted by atomic mass is 10.1. The van der Waals surface area contributed by atoms with Gasteiger partial charge in [0.2, 0.25) is 0 Å². The Morgan fingerprint density at radius 2 is 1.73 bits per heavy atom. The fraction of sp³-hybridized carbons (Fsp3) is 0.286. The number of ether oxygens (including phenoxy) is 1. The zero-order chi connectivity index (χ0) is 22.2. The third-order valence-electron chi connectivity index (χ3n) is 4.86. The van der Waals surface area contributed by atoms with Crippen LogP contribution in [0.5, 0.6) is 0 Å². The van der Waals surface area contributed by atoms with E-state index >= 15 is 0 Å². The zero-order valence-corrected chi connectivity index (χ0v) is 21.2. The molecule has 0 aliphatic carbocycles. The number of H-pyrrole nitrogens is 1. The topological polar surface area (TPSA) is 104 Å². The summed E-state index contributed by atoms with van der Waals surface area (Å²) < 4.78 is 6.33. The summed E-state index contributed by atoms with van der Waals surface area (Å²) in [6.45, 7) is 5.54. The van der Waals surface area contributed by atoms with E-state index in [0.29, 0.717) is 5.56 Å². The van der Waals surface area contributed by atoms with Gasteiger partial charge in [0.15, 0.2) is 6.04 Å². The van der Waals surface area contributed by atoms with Crippen molar-refractivity contribution in [2.24, 2.45) is 0 Å². The first kappa shape index (κ1) is 22.9. The number of amides is 1. The van der Waals surface area contributed by atoms with E-state index in [4.69, 9.17) is 4.98 Å². The van der Waals surface area contributed by atoms with Gasteiger partial charge in [-0.15, -0.1) is 0 Å². The van der Waals surface area contributed by atoms with Gasteiger partial charge in [-0.3, -0.25) is 4.79 Å². The van der Waals surface area contributed by atoms with E-state index < -0.39 is 24.0 Å². The van der Waals surface area contributed by atoms with Crippen molar-refractivity contribution in [2.45, 2.75) is 32.9 Å². The number of hydrogen-bond donors (Lipinski definition) is 3. The number of rotatable bonds is 5. The van der Waals surface area contributed by atoms with Gasteiger partial charge in [0.1, 0.15) is 5.82 Å². The Morgan fingerprint density at radius 3 is 2.30 bits per heavy atom. The van der Waals surface area contributed by atoms with E-state index in [-0.39, 0.29) is 0 Å². The quantitative estimate of drug-likeness (QED) is 0.294. The number of aromatic amines is 1. The van der Waals surface area contributed by atoms with Gasteiger partial charge in [-0.1, -0.05) is 0 Å². The molecule has 2 atom stereocenters. The van der Waals surface area contributed by atoms with E-state index in [9.17, 15) is 14.7 Å². The lowest BCUT2D eigenvalue weighted by molar-refractivity contribution is -0.145. The van der Waals surface area contributed by atoms with Gasteiger partial charge < -0.3 is 20.1 Å². The number of aliphatic hydroxyl groups is 1. The molecule has 158 valence electrons. The number of imidazole rings is 1. The first-order chi connectivity index (χ1) is 14.1. The summed E-state index contributed by atoms with van der Waals surface area (Å²) in [6.07, 6.45) is -1.08. The van der Waals surface area contributed by atoms with Gasteiger partial charge in [-0.25, -0.2) is 9.78 Å². The molecule has 3 rings (SSSR count). The van der Waals surface area contributed by atoms with E-state index in [2.05, 4.69) is 86.2 Å². The number of hydrogen-bond acceptors (Lipinski definition) is 5. The van der Waals surface area contributed by atoms with Gasteiger partial charge >= 0.3 is 5.97 Å². The van der Waals surface area contributed by atoms with Crippen LogP contribution in [-0.2, 0) is 9.53 Å². The highest BCUT2D eigenvalue weighted by atomic mass is 127. The molecule has 2 aromatic carbocycles. The molecular weight excluding hydrogens is 612 g/mol. The Morgan fingerprint density at radius 1 is 1.13 bits per heavy atom. The van der Waals surface area contributed by atoms with Gasteiger partial charge in [-0.05, 0) is 101 Å². The zero-order valence-electron chi connectivity index (χ0n) is 16.8. The largest absolute Gasteiger partial charge is 0.467 e. The molecule has 0 unspecified atom stereocenters. The summed E-state index contributed by atoms with van der Waals surface area (Å²) in [7, 11) is 1.21. The molecule has 1 amide bonds. The van der Waals surface area contributed by atoms with Crippen LogP contribution in [0.2, 0.25) is 0 Å². The van der Waals surface area contributed by atoms with Crippen LogP contribution >= 0.6 is 45.2 Å². The molecule has 0 saturated carbocycles. The molecule has 30 heavy (non-hydrogen) atoms. The maximum atomic E-state index is 12.7. The smallest absolute Gasteiger partial charge is 0.331 e. The summed E-state index contributed by atoms with van der Waals surface area (Å²) in [5.41, 5.74) is 5.49. The number of nitrogens with one attached hydrogen (secondary N) is 2. The maximum absolute atomic E-state index is 12.7. The van der Waals surface area contributed by atoms with Crippen molar-refractivity contribution in [3.05, 3.63) is 48.1 Å². The molecule has 0 saturated heterocycles. The molecule has 9 heteroatoms. The van der Waals surface area contributed by atoms with Crippen LogP contribution in [0, 0.1) is 21.0 Å². The number of esters is 1. The number of halogens is 2. The van der Waals surface area contributed by atoms with Crippen LogP contribution in [0.15, 0.2) is 24.3 Å². The standard InChI is InChI=1S/C21H21I2N3O4/c1-9-5-15-16(6-10(9)2)25-19(24-15)17-13(22)7-12(8-14(17)23)20(28)26-18(11(3)27)21(29)30-4/h5-8,11,18,27H,1-4H3,(H,24,25)(H,26,28)/t11-,18+/m1/s1. The summed E-state index contributed by atoms with van der Waals surface area (Å²) >= 11 is 4.34. The van der Waals surface area contributed by atoms with E-state index in [1.54, 1.807) is 12.1 Å². The fourth-order valence-corrected chi connectivity index (χ4v) is 5.33. The van der Waals surface area contributed by atoms with Crippen LogP contribution in [0.4, 0.5) is 0 Å². The molecule has 0 aliphatic heterocycles. The third kappa shape index (κ3) is 4.62. The van der Waals surface area contributed by atoms with Crippen LogP contribution in [0.25, 0.3) is 22.4 Å². The average Bonchev–Trinajstić information content (AvgIpc) is 3.06. The number of carbonyl (C=O) groups is 2. The van der Waals surface area contributed by atoms with Gasteiger partial charge in [-0.2, -0.15) is 0 Å². The second kappa shape index (κ2) is 9.18. The number of benzene rings is 2. The van der Waals surface area contributed by atoms with Crippen molar-refractivity contribution in [1.29, 1.82) is 0 Å². The number of carbonyl (C=O) groups excluding carboxylic acids is 2. The summed E-state index contributed by atoms with van der Waals surface area (Å²) in [5, 5.41) is 12.3. The second-order valence-electron chi connectivity index (χ2n) is 7.07. The highest BCUT2D eigenvalue weighted by Gasteiger charge is 2.27. The monoisotopic (exact) mass is 633 g/mol. The van der Waals surface area contributed by atoms with E-state index in [0.717, 1.165) is 29.6 Å². The number of methoxy groups -OCH3 is 1. The van der Waals surface area contributed by atoms with Gasteiger partial charge in [0.05, 0.1) is 24.2 Å². The predicted molar refractivity (Wildman–Crippen MR) is 131 cm³/mol. The molecule has 0 spiro atoms. The van der Waals surface area contributed by atoms with Crippen LogP contribution in [0.3, 0.4) is 0 Å². The Kier molecular flexibility index (Phi) is 7.02. The maximum Gasteiger partial charge on any atom is 0.331 e. The van der Waals surface area contributed by atoms with Crippen molar-refractivity contribution in [3.8, 4) is 11.4 Å². The van der Waals surface area contributed by atoms with Crippen molar-refractivity contribution in [1.82, 2.24) is 15.3 Å². The van der Waals surface area contributed by atoms with Crippen molar-refractivity contribution in [2.75, 3.05) is 7.11 Å². The SMILES string of the molecule is COC(=O)[C@@H](NC(=O)c1cc(I)c(-c2nc3cc(C)c(C)cc3[nH]2)c(I)c1)[C@@H](C)O. The average molecular weight is 633 g/mol. The molecular formula is C21H21I2N3O4. The molecule has 1 heterocycles. The van der Waals surface area contributed by atoms with Gasteiger partial charge in [0, 0.05) is 18.3 Å². The molecule has 0 bridgehead atoms. The first-order valence-electron chi connectivity index (χ1n) is 9.15. The fourth-order valence-electron chi connectivity index (χ4n) is 3.05. The minimum atomic E-state index is -1.14. The van der Waals surface area contributed by atoms with E-state index in [1.165, 1.54) is 25.2 Å². The van der Waals surface area contributed by atoms with Gasteiger partial charge in [0.25, 0.3) is 5.91 Å². The predicted octanol–water partition coefficient (Wildman–Crippen LogP) is 3.71. The van der Waals surface area contributed by atoms with Crippen molar-refractivity contribution in [3.63, 3.8) is 0 Å². The molecule has 3 N–H and O–H groups in total. The number of aliphatic hydroxyl groups excluding tert-OH is 1. The van der Waals surface area contributed by atoms with E-state index in [1.807, 2.05) is 0 Å². The molecule has 0 aliphatic rings. The summed E-state index contributed by atoms with van der Waals surface area (Å²) in [6, 6.07) is 6.45. The number of fused-ring (bicyclic) bond motifs is 1. The number of aryl methyl sites for hydroxylation is 2. The molecule has 0 fully saturated rings. The Balaban J connectivity index is 1.96. The van der Waals surface area contributed by atoms with Crippen molar-refractivity contribution >= 4 is 68.1 Å². The van der Waals surface area contributed by atoms with Crippen LogP contribution in [-0.4, -0.2) is 46.2 Å². The van der Waals surface area contributed by atoms with Crippen LogP contribution in [0.1, 0.15) is 28.4 Å². The summed E-state index contributed by atoms with van der Waals surface area (Å²) in [5.74, 6) is -0.441. The normalized spacial score (nSPS) is 13.2. The minimum Gasteiger partial charge on any atom is -0.467 e. The molecule has 7 nitrogen and oxygen atoms in total. The number of aromatic nitrogens is 2. The lowest BCUT2D eigenvalue weighted by Gasteiger charge is -2.19. The lowest BCUT2D eigenvalue weighted by Crippen LogP contribution is -2.48. The third-order valence-corrected chi connectivity index (χ3v) is 6.56. The van der Waals surface area contributed by atoms with Crippen LogP contribution < -0.4 is 5.32 Å². The number of nitrogens with zero attached hydrogens (tertiary/aromatic N) is 1. The highest BCUT2D eigenvalue weighted by molar-refractivity contribution is 14.1. The Bertz CT molecular complexity index is 1080. The van der Waals surface area contributed by atoms with Crippen molar-refractivity contribution < 1.29 is 19.4 Å². The Hall–Kier alpha value is -1.73. The first-order valence-corrected chi connectivity index (χ1v) is 11.3. The second-order valence-corrected chi connectivity index (χ2v) is 9.39. The molecule has 3 aromatic rings. The molecule has 0 radical (unpaired) electrons. The molecule has 1 aromatic heterocycles. The minimum absolute atomic E-state index is 0.380.